The van der Waals surface area contributed by atoms with Gasteiger partial charge in [-0.3, -0.25) is 4.79 Å². The third-order valence-corrected chi connectivity index (χ3v) is 1.95. The first-order valence-corrected chi connectivity index (χ1v) is 4.61. The number of nitrogens with zero attached hydrogens (tertiary/aromatic N) is 2. The molecule has 0 atom stereocenters. The molecule has 0 aliphatic carbocycles. The zero-order valence-electron chi connectivity index (χ0n) is 9.72. The maximum absolute atomic E-state index is 11.0. The zero-order chi connectivity index (χ0) is 10.6. The van der Waals surface area contributed by atoms with E-state index in [1.807, 2.05) is 7.05 Å². The van der Waals surface area contributed by atoms with E-state index in [1.54, 1.807) is 11.8 Å². The van der Waals surface area contributed by atoms with E-state index in [9.17, 15) is 4.79 Å². The highest BCUT2D eigenvalue weighted by molar-refractivity contribution is 5.72. The summed E-state index contributed by atoms with van der Waals surface area (Å²) in [6.07, 6.45) is 0. The third-order valence-electron chi connectivity index (χ3n) is 1.95. The predicted octanol–water partition coefficient (Wildman–Crippen LogP) is 1.05. The van der Waals surface area contributed by atoms with Crippen LogP contribution in [0, 0.1) is 5.41 Å². The average molecular weight is 186 g/mol. The number of carbonyl (C=O) groups is 1. The monoisotopic (exact) mass is 186 g/mol. The first-order chi connectivity index (χ1) is 5.74. The van der Waals surface area contributed by atoms with Crippen LogP contribution in [0.25, 0.3) is 0 Å². The fourth-order valence-electron chi connectivity index (χ4n) is 1.66. The molecule has 0 aromatic rings. The number of hydrogen-bond donors (Lipinski definition) is 0. The molecule has 3 nitrogen and oxygen atoms in total. The van der Waals surface area contributed by atoms with E-state index in [4.69, 9.17) is 0 Å². The normalized spacial score (nSPS) is 11.9. The van der Waals surface area contributed by atoms with Crippen LogP contribution in [0.4, 0.5) is 0 Å². The van der Waals surface area contributed by atoms with Crippen molar-refractivity contribution in [3.8, 4) is 0 Å². The molecular formula is C10H22N2O. The molecule has 0 rings (SSSR count). The number of amides is 1. The van der Waals surface area contributed by atoms with Gasteiger partial charge in [-0.2, -0.15) is 0 Å². The van der Waals surface area contributed by atoms with Crippen LogP contribution in [0.2, 0.25) is 0 Å². The van der Waals surface area contributed by atoms with Crippen LogP contribution >= 0.6 is 0 Å². The molecular weight excluding hydrogens is 164 g/mol. The Morgan fingerprint density at radius 1 is 1.15 bits per heavy atom. The summed E-state index contributed by atoms with van der Waals surface area (Å²) < 4.78 is 0. The molecule has 3 heteroatoms. The fourth-order valence-corrected chi connectivity index (χ4v) is 1.66. The van der Waals surface area contributed by atoms with Gasteiger partial charge in [-0.1, -0.05) is 13.8 Å². The highest BCUT2D eigenvalue weighted by Gasteiger charge is 2.21. The Kier molecular flexibility index (Phi) is 4.40. The molecule has 78 valence electrons. The minimum atomic E-state index is 0.131. The van der Waals surface area contributed by atoms with Gasteiger partial charge in [0.2, 0.25) is 5.91 Å². The van der Waals surface area contributed by atoms with E-state index < -0.39 is 0 Å². The molecule has 0 N–H and O–H groups in total. The summed E-state index contributed by atoms with van der Waals surface area (Å²) in [5.74, 6) is 0.131. The first kappa shape index (κ1) is 12.4. The van der Waals surface area contributed by atoms with Gasteiger partial charge in [-0.05, 0) is 19.5 Å². The summed E-state index contributed by atoms with van der Waals surface area (Å²) in [6.45, 7) is 7.75. The SMILES string of the molecule is CC(=O)N(C)CC(C)(C)CN(C)C. The van der Waals surface area contributed by atoms with E-state index in [0.29, 0.717) is 0 Å². The standard InChI is InChI=1S/C10H22N2O/c1-9(13)12(6)8-10(2,3)7-11(4)5/h7-8H2,1-6H3. The van der Waals surface area contributed by atoms with Gasteiger partial charge in [0, 0.05) is 27.1 Å². The smallest absolute Gasteiger partial charge is 0.219 e. The molecule has 0 aliphatic heterocycles. The highest BCUT2D eigenvalue weighted by atomic mass is 16.2. The Labute approximate surface area is 81.7 Å². The van der Waals surface area contributed by atoms with Crippen molar-refractivity contribution in [2.24, 2.45) is 5.41 Å². The number of carbonyl (C=O) groups excluding carboxylic acids is 1. The van der Waals surface area contributed by atoms with Crippen molar-refractivity contribution >= 4 is 5.91 Å². The second kappa shape index (κ2) is 4.61. The van der Waals surface area contributed by atoms with E-state index >= 15 is 0 Å². The molecule has 0 fully saturated rings. The maximum atomic E-state index is 11.0. The van der Waals surface area contributed by atoms with Crippen LogP contribution in [-0.4, -0.2) is 49.9 Å². The van der Waals surface area contributed by atoms with Gasteiger partial charge < -0.3 is 9.80 Å². The molecule has 13 heavy (non-hydrogen) atoms. The van der Waals surface area contributed by atoms with E-state index in [0.717, 1.165) is 13.1 Å². The average Bonchev–Trinajstić information content (AvgIpc) is 1.81. The van der Waals surface area contributed by atoms with Crippen LogP contribution < -0.4 is 0 Å². The van der Waals surface area contributed by atoms with Gasteiger partial charge in [-0.25, -0.2) is 0 Å². The topological polar surface area (TPSA) is 23.6 Å². The molecule has 0 heterocycles. The molecule has 0 saturated carbocycles. The van der Waals surface area contributed by atoms with Crippen molar-refractivity contribution in [2.75, 3.05) is 34.2 Å². The van der Waals surface area contributed by atoms with Crippen LogP contribution in [0.1, 0.15) is 20.8 Å². The summed E-state index contributed by atoms with van der Waals surface area (Å²) in [5.41, 5.74) is 0.157. The van der Waals surface area contributed by atoms with Crippen molar-refractivity contribution in [2.45, 2.75) is 20.8 Å². The zero-order valence-corrected chi connectivity index (χ0v) is 9.72. The molecule has 0 aliphatic rings. The van der Waals surface area contributed by atoms with Gasteiger partial charge in [0.15, 0.2) is 0 Å². The molecule has 0 aromatic heterocycles. The highest BCUT2D eigenvalue weighted by Crippen LogP contribution is 2.16. The predicted molar refractivity (Wildman–Crippen MR) is 55.6 cm³/mol. The van der Waals surface area contributed by atoms with Crippen molar-refractivity contribution in [3.63, 3.8) is 0 Å². The quantitative estimate of drug-likeness (QED) is 0.655. The van der Waals surface area contributed by atoms with Crippen LogP contribution in [0.15, 0.2) is 0 Å². The van der Waals surface area contributed by atoms with Crippen molar-refractivity contribution in [1.82, 2.24) is 9.80 Å². The van der Waals surface area contributed by atoms with Gasteiger partial charge in [0.05, 0.1) is 0 Å². The molecule has 0 aromatic carbocycles. The van der Waals surface area contributed by atoms with Gasteiger partial charge >= 0.3 is 0 Å². The molecule has 0 spiro atoms. The summed E-state index contributed by atoms with van der Waals surface area (Å²) in [7, 11) is 5.95. The van der Waals surface area contributed by atoms with E-state index in [-0.39, 0.29) is 11.3 Å². The minimum Gasteiger partial charge on any atom is -0.345 e. The molecule has 0 radical (unpaired) electrons. The second-order valence-corrected chi connectivity index (χ2v) is 4.78. The van der Waals surface area contributed by atoms with E-state index in [1.165, 1.54) is 0 Å². The number of rotatable bonds is 4. The Hall–Kier alpha value is -0.570. The molecule has 0 bridgehead atoms. The summed E-state index contributed by atoms with van der Waals surface area (Å²) in [6, 6.07) is 0. The van der Waals surface area contributed by atoms with E-state index in [2.05, 4.69) is 32.8 Å². The van der Waals surface area contributed by atoms with Crippen molar-refractivity contribution in [1.29, 1.82) is 0 Å². The summed E-state index contributed by atoms with van der Waals surface area (Å²) >= 11 is 0. The molecule has 0 unspecified atom stereocenters. The maximum Gasteiger partial charge on any atom is 0.219 e. The third kappa shape index (κ3) is 5.64. The summed E-state index contributed by atoms with van der Waals surface area (Å²) in [4.78, 5) is 14.9. The lowest BCUT2D eigenvalue weighted by molar-refractivity contribution is -0.128. The summed E-state index contributed by atoms with van der Waals surface area (Å²) in [5, 5.41) is 0. The lowest BCUT2D eigenvalue weighted by atomic mass is 9.92. The van der Waals surface area contributed by atoms with Crippen molar-refractivity contribution in [3.05, 3.63) is 0 Å². The van der Waals surface area contributed by atoms with Crippen LogP contribution in [0.5, 0.6) is 0 Å². The fraction of sp³-hybridized carbons (Fsp3) is 0.900. The Morgan fingerprint density at radius 3 is 1.92 bits per heavy atom. The second-order valence-electron chi connectivity index (χ2n) is 4.78. The van der Waals surface area contributed by atoms with Gasteiger partial charge in [0.1, 0.15) is 0 Å². The van der Waals surface area contributed by atoms with Crippen molar-refractivity contribution < 1.29 is 4.79 Å². The van der Waals surface area contributed by atoms with Gasteiger partial charge in [-0.15, -0.1) is 0 Å². The lowest BCUT2D eigenvalue weighted by Crippen LogP contribution is -2.40. The molecule has 1 amide bonds. The minimum absolute atomic E-state index is 0.131. The lowest BCUT2D eigenvalue weighted by Gasteiger charge is -2.32. The number of hydrogen-bond acceptors (Lipinski definition) is 2. The van der Waals surface area contributed by atoms with Gasteiger partial charge in [0.25, 0.3) is 0 Å². The van der Waals surface area contributed by atoms with Crippen LogP contribution in [0.3, 0.4) is 0 Å². The Bertz CT molecular complexity index is 176. The van der Waals surface area contributed by atoms with Crippen LogP contribution in [-0.2, 0) is 4.79 Å². The Balaban J connectivity index is 4.08. The molecule has 0 saturated heterocycles. The largest absolute Gasteiger partial charge is 0.345 e. The first-order valence-electron chi connectivity index (χ1n) is 4.61. The Morgan fingerprint density at radius 2 is 1.62 bits per heavy atom.